The number of fused-ring (bicyclic) bond motifs is 1. The van der Waals surface area contributed by atoms with Crippen LogP contribution in [0.15, 0.2) is 22.7 Å². The fourth-order valence-electron chi connectivity index (χ4n) is 2.35. The van der Waals surface area contributed by atoms with E-state index < -0.39 is 12.2 Å². The van der Waals surface area contributed by atoms with Crippen LogP contribution in [0.3, 0.4) is 0 Å². The van der Waals surface area contributed by atoms with Crippen molar-refractivity contribution < 1.29 is 8.78 Å². The van der Waals surface area contributed by atoms with Crippen molar-refractivity contribution in [1.82, 2.24) is 19.8 Å². The molecule has 1 aromatic carbocycles. The fourth-order valence-corrected chi connectivity index (χ4v) is 3.82. The molecule has 0 radical (unpaired) electrons. The summed E-state index contributed by atoms with van der Waals surface area (Å²) < 4.78 is 27.8. The number of benzene rings is 1. The first kappa shape index (κ1) is 16.3. The van der Waals surface area contributed by atoms with Gasteiger partial charge < -0.3 is 4.90 Å². The first-order chi connectivity index (χ1) is 11.0. The molecule has 2 heterocycles. The monoisotopic (exact) mass is 401 g/mol. The van der Waals surface area contributed by atoms with Gasteiger partial charge in [-0.3, -0.25) is 0 Å². The van der Waals surface area contributed by atoms with Gasteiger partial charge in [-0.2, -0.15) is 9.61 Å². The maximum atomic E-state index is 12.9. The zero-order chi connectivity index (χ0) is 16.6. The van der Waals surface area contributed by atoms with Crippen molar-refractivity contribution in [2.45, 2.75) is 20.3 Å². The molecular weight excluding hydrogens is 388 g/mol. The first-order valence-electron chi connectivity index (χ1n) is 7.10. The summed E-state index contributed by atoms with van der Waals surface area (Å²) in [6.07, 6.45) is -2.70. The van der Waals surface area contributed by atoms with Crippen molar-refractivity contribution in [2.75, 3.05) is 18.0 Å². The molecule has 0 aliphatic rings. The highest BCUT2D eigenvalue weighted by molar-refractivity contribution is 9.10. The van der Waals surface area contributed by atoms with Gasteiger partial charge in [0.2, 0.25) is 10.8 Å². The Hall–Kier alpha value is -1.61. The number of alkyl halides is 2. The third kappa shape index (κ3) is 2.94. The van der Waals surface area contributed by atoms with Crippen LogP contribution in [0.5, 0.6) is 0 Å². The summed E-state index contributed by atoms with van der Waals surface area (Å²) in [6, 6.07) is 5.89. The molecule has 0 saturated carbocycles. The highest BCUT2D eigenvalue weighted by Crippen LogP contribution is 2.33. The molecule has 3 aromatic rings. The Labute approximate surface area is 144 Å². The summed E-state index contributed by atoms with van der Waals surface area (Å²) in [6.45, 7) is 6.00. The van der Waals surface area contributed by atoms with Crippen LogP contribution >= 0.6 is 27.3 Å². The van der Waals surface area contributed by atoms with E-state index in [2.05, 4.69) is 50.0 Å². The standard InChI is InChI=1S/C14H14BrF2N5S/c1-3-21(4-2)10-6-5-8(7-9(10)15)13-20-22-12(11(16)17)18-19-14(22)23-13/h5-7,11H,3-4H2,1-2H3. The van der Waals surface area contributed by atoms with Crippen molar-refractivity contribution in [3.05, 3.63) is 28.5 Å². The summed E-state index contributed by atoms with van der Waals surface area (Å²) in [4.78, 5) is 2.58. The highest BCUT2D eigenvalue weighted by atomic mass is 79.9. The second-order valence-corrected chi connectivity index (χ2v) is 6.61. The lowest BCUT2D eigenvalue weighted by molar-refractivity contribution is 0.137. The molecule has 0 spiro atoms. The van der Waals surface area contributed by atoms with E-state index in [4.69, 9.17) is 0 Å². The van der Waals surface area contributed by atoms with Crippen molar-refractivity contribution >= 4 is 37.9 Å². The molecule has 0 aliphatic carbocycles. The summed E-state index contributed by atoms with van der Waals surface area (Å²) in [5.74, 6) is -0.429. The molecule has 3 rings (SSSR count). The minimum absolute atomic E-state index is 0.360. The summed E-state index contributed by atoms with van der Waals surface area (Å²) in [5, 5.41) is 12.1. The minimum atomic E-state index is -2.70. The van der Waals surface area contributed by atoms with Crippen molar-refractivity contribution in [2.24, 2.45) is 0 Å². The zero-order valence-corrected chi connectivity index (χ0v) is 14.9. The Morgan fingerprint density at radius 1 is 1.26 bits per heavy atom. The molecule has 0 atom stereocenters. The van der Waals surface area contributed by atoms with Gasteiger partial charge in [0.15, 0.2) is 0 Å². The number of rotatable bonds is 5. The van der Waals surface area contributed by atoms with Gasteiger partial charge in [-0.25, -0.2) is 8.78 Å². The van der Waals surface area contributed by atoms with Gasteiger partial charge in [0.25, 0.3) is 6.43 Å². The third-order valence-electron chi connectivity index (χ3n) is 3.51. The van der Waals surface area contributed by atoms with E-state index in [9.17, 15) is 8.78 Å². The lowest BCUT2D eigenvalue weighted by atomic mass is 10.2. The van der Waals surface area contributed by atoms with Gasteiger partial charge in [0.1, 0.15) is 5.01 Å². The van der Waals surface area contributed by atoms with E-state index in [1.165, 1.54) is 11.3 Å². The molecule has 23 heavy (non-hydrogen) atoms. The lowest BCUT2D eigenvalue weighted by Crippen LogP contribution is -2.22. The number of halogens is 3. The van der Waals surface area contributed by atoms with Crippen LogP contribution in [0.25, 0.3) is 15.5 Å². The van der Waals surface area contributed by atoms with E-state index in [0.29, 0.717) is 9.97 Å². The lowest BCUT2D eigenvalue weighted by Gasteiger charge is -2.22. The molecule has 0 N–H and O–H groups in total. The molecule has 0 amide bonds. The van der Waals surface area contributed by atoms with Crippen molar-refractivity contribution in [1.29, 1.82) is 0 Å². The number of hydrogen-bond donors (Lipinski definition) is 0. The largest absolute Gasteiger partial charge is 0.371 e. The van der Waals surface area contributed by atoms with Gasteiger partial charge >= 0.3 is 0 Å². The Kier molecular flexibility index (Phi) is 4.58. The number of hydrogen-bond acceptors (Lipinski definition) is 5. The van der Waals surface area contributed by atoms with E-state index in [1.807, 2.05) is 18.2 Å². The Balaban J connectivity index is 2.00. The predicted molar refractivity (Wildman–Crippen MR) is 90.3 cm³/mol. The van der Waals surface area contributed by atoms with Crippen LogP contribution in [-0.4, -0.2) is 32.9 Å². The van der Waals surface area contributed by atoms with Gasteiger partial charge in [0, 0.05) is 23.1 Å². The van der Waals surface area contributed by atoms with Crippen molar-refractivity contribution in [3.8, 4) is 10.6 Å². The normalized spacial score (nSPS) is 11.6. The smallest absolute Gasteiger partial charge is 0.299 e. The van der Waals surface area contributed by atoms with Crippen molar-refractivity contribution in [3.63, 3.8) is 0 Å². The van der Waals surface area contributed by atoms with Gasteiger partial charge in [-0.05, 0) is 48.0 Å². The topological polar surface area (TPSA) is 46.3 Å². The maximum absolute atomic E-state index is 12.9. The Bertz CT molecular complexity index is 828. The average Bonchev–Trinajstić information content (AvgIpc) is 3.09. The van der Waals surface area contributed by atoms with Gasteiger partial charge in [0.05, 0.1) is 5.69 Å². The second kappa shape index (κ2) is 6.48. The number of nitrogens with zero attached hydrogens (tertiary/aromatic N) is 5. The van der Waals surface area contributed by atoms with E-state index in [0.717, 1.165) is 33.3 Å². The average molecular weight is 402 g/mol. The third-order valence-corrected chi connectivity index (χ3v) is 5.09. The van der Waals surface area contributed by atoms with Crippen LogP contribution in [0.1, 0.15) is 26.1 Å². The van der Waals surface area contributed by atoms with E-state index in [1.54, 1.807) is 0 Å². The second-order valence-electron chi connectivity index (χ2n) is 4.80. The van der Waals surface area contributed by atoms with Crippen LogP contribution in [0.2, 0.25) is 0 Å². The zero-order valence-electron chi connectivity index (χ0n) is 12.5. The SMILES string of the molecule is CCN(CC)c1ccc(-c2nn3c(C(F)F)nnc3s2)cc1Br. The number of anilines is 1. The highest BCUT2D eigenvalue weighted by Gasteiger charge is 2.20. The molecule has 0 unspecified atom stereocenters. The molecular formula is C14H14BrF2N5S. The predicted octanol–water partition coefficient (Wildman–Crippen LogP) is 4.40. The van der Waals surface area contributed by atoms with E-state index >= 15 is 0 Å². The summed E-state index contributed by atoms with van der Waals surface area (Å²) in [5.41, 5.74) is 1.94. The minimum Gasteiger partial charge on any atom is -0.371 e. The Morgan fingerprint density at radius 2 is 2.00 bits per heavy atom. The molecule has 5 nitrogen and oxygen atoms in total. The quantitative estimate of drug-likeness (QED) is 0.635. The van der Waals surface area contributed by atoms with E-state index in [-0.39, 0.29) is 0 Å². The fraction of sp³-hybridized carbons (Fsp3) is 0.357. The van der Waals surface area contributed by atoms with Crippen LogP contribution < -0.4 is 4.90 Å². The van der Waals surface area contributed by atoms with Gasteiger partial charge in [-0.1, -0.05) is 11.3 Å². The molecule has 122 valence electrons. The van der Waals surface area contributed by atoms with Crippen LogP contribution in [-0.2, 0) is 0 Å². The number of aromatic nitrogens is 4. The summed E-state index contributed by atoms with van der Waals surface area (Å²) >= 11 is 4.81. The van der Waals surface area contributed by atoms with Crippen LogP contribution in [0.4, 0.5) is 14.5 Å². The first-order valence-corrected chi connectivity index (χ1v) is 8.71. The maximum Gasteiger partial charge on any atom is 0.299 e. The molecule has 9 heteroatoms. The molecule has 2 aromatic heterocycles. The molecule has 0 saturated heterocycles. The summed E-state index contributed by atoms with van der Waals surface area (Å²) in [7, 11) is 0. The molecule has 0 bridgehead atoms. The van der Waals surface area contributed by atoms with Crippen LogP contribution in [0, 0.1) is 0 Å². The molecule has 0 aliphatic heterocycles. The Morgan fingerprint density at radius 3 is 2.61 bits per heavy atom. The molecule has 0 fully saturated rings. The van der Waals surface area contributed by atoms with Gasteiger partial charge in [-0.15, -0.1) is 10.2 Å².